The van der Waals surface area contributed by atoms with E-state index in [1.807, 2.05) is 6.07 Å². The fourth-order valence-corrected chi connectivity index (χ4v) is 3.33. The van der Waals surface area contributed by atoms with Crippen LogP contribution in [-0.2, 0) is 9.73 Å². The van der Waals surface area contributed by atoms with Crippen molar-refractivity contribution in [2.24, 2.45) is 4.36 Å². The monoisotopic (exact) mass is 367 g/mol. The lowest BCUT2D eigenvalue weighted by atomic mass is 10.2. The fourth-order valence-electron chi connectivity index (χ4n) is 1.73. The number of benzene rings is 2. The van der Waals surface area contributed by atoms with Crippen molar-refractivity contribution in [2.45, 2.75) is 4.90 Å². The molecule has 110 valence electrons. The summed E-state index contributed by atoms with van der Waals surface area (Å²) in [5, 5.41) is 0. The van der Waals surface area contributed by atoms with Crippen LogP contribution in [0.15, 0.2) is 62.3 Å². The number of halogens is 1. The highest BCUT2D eigenvalue weighted by Gasteiger charge is 2.14. The summed E-state index contributed by atoms with van der Waals surface area (Å²) in [6, 6.07) is 13.7. The van der Waals surface area contributed by atoms with Crippen LogP contribution >= 0.6 is 15.9 Å². The standard InChI is InChI=1S/C15H14BrNO3S/c1-20-11-8-9-14(16)13(10-11)15(18)17-21(2,19)12-6-4-3-5-7-12/h3-10H,1-2H3. The van der Waals surface area contributed by atoms with Crippen molar-refractivity contribution in [2.75, 3.05) is 13.4 Å². The van der Waals surface area contributed by atoms with E-state index in [-0.39, 0.29) is 0 Å². The molecule has 1 unspecified atom stereocenters. The minimum absolute atomic E-state index is 0.319. The topological polar surface area (TPSA) is 55.7 Å². The number of nitrogens with zero attached hydrogens (tertiary/aromatic N) is 1. The fraction of sp³-hybridized carbons (Fsp3) is 0.133. The third-order valence-corrected chi connectivity index (χ3v) is 5.19. The van der Waals surface area contributed by atoms with Gasteiger partial charge in [0.2, 0.25) is 0 Å². The maximum atomic E-state index is 12.6. The largest absolute Gasteiger partial charge is 0.497 e. The number of methoxy groups -OCH3 is 1. The van der Waals surface area contributed by atoms with Gasteiger partial charge in [-0.25, -0.2) is 4.21 Å². The summed E-state index contributed by atoms with van der Waals surface area (Å²) in [5.74, 6) is -0.00353. The summed E-state index contributed by atoms with van der Waals surface area (Å²) in [4.78, 5) is 12.8. The Kier molecular flexibility index (Phi) is 4.80. The zero-order valence-electron chi connectivity index (χ0n) is 11.6. The Morgan fingerprint density at radius 3 is 2.48 bits per heavy atom. The van der Waals surface area contributed by atoms with Crippen molar-refractivity contribution in [3.63, 3.8) is 0 Å². The van der Waals surface area contributed by atoms with Gasteiger partial charge in [-0.3, -0.25) is 4.79 Å². The predicted octanol–water partition coefficient (Wildman–Crippen LogP) is 3.75. The van der Waals surface area contributed by atoms with Crippen molar-refractivity contribution in [3.8, 4) is 5.75 Å². The Bertz CT molecular complexity index is 781. The van der Waals surface area contributed by atoms with Crippen LogP contribution < -0.4 is 4.74 Å². The second-order valence-corrected chi connectivity index (χ2v) is 7.47. The minimum Gasteiger partial charge on any atom is -0.497 e. The summed E-state index contributed by atoms with van der Waals surface area (Å²) in [6.45, 7) is 0. The number of carbonyl (C=O) groups excluding carboxylic acids is 1. The molecule has 0 N–H and O–H groups in total. The van der Waals surface area contributed by atoms with Crippen molar-refractivity contribution < 1.29 is 13.7 Å². The number of hydrogen-bond acceptors (Lipinski definition) is 3. The lowest BCUT2D eigenvalue weighted by Crippen LogP contribution is -2.04. The Labute approximate surface area is 132 Å². The molecule has 0 aliphatic heterocycles. The Morgan fingerprint density at radius 1 is 1.19 bits per heavy atom. The number of carbonyl (C=O) groups is 1. The molecule has 0 bridgehead atoms. The van der Waals surface area contributed by atoms with Gasteiger partial charge in [-0.1, -0.05) is 18.2 Å². The van der Waals surface area contributed by atoms with Crippen molar-refractivity contribution in [1.82, 2.24) is 0 Å². The Hall–Kier alpha value is -1.66. The lowest BCUT2D eigenvalue weighted by molar-refractivity contribution is 0.100. The smallest absolute Gasteiger partial charge is 0.286 e. The summed E-state index contributed by atoms with van der Waals surface area (Å²) < 4.78 is 22.2. The first-order valence-corrected chi connectivity index (χ1v) is 8.81. The van der Waals surface area contributed by atoms with Crippen molar-refractivity contribution in [3.05, 3.63) is 58.6 Å². The molecule has 21 heavy (non-hydrogen) atoms. The van der Waals surface area contributed by atoms with E-state index in [2.05, 4.69) is 20.3 Å². The van der Waals surface area contributed by atoms with Gasteiger partial charge < -0.3 is 4.74 Å². The van der Waals surface area contributed by atoms with Crippen LogP contribution in [0, 0.1) is 0 Å². The van der Waals surface area contributed by atoms with Gasteiger partial charge in [-0.2, -0.15) is 4.36 Å². The first kappa shape index (κ1) is 15.7. The van der Waals surface area contributed by atoms with Crippen LogP contribution in [0.4, 0.5) is 0 Å². The average molecular weight is 368 g/mol. The van der Waals surface area contributed by atoms with Gasteiger partial charge in [0.05, 0.1) is 22.4 Å². The quantitative estimate of drug-likeness (QED) is 0.829. The number of amides is 1. The summed E-state index contributed by atoms with van der Waals surface area (Å²) in [6.07, 6.45) is 1.45. The van der Waals surface area contributed by atoms with Crippen LogP contribution in [-0.4, -0.2) is 23.5 Å². The molecule has 2 aromatic carbocycles. The predicted molar refractivity (Wildman–Crippen MR) is 86.2 cm³/mol. The highest BCUT2D eigenvalue weighted by atomic mass is 79.9. The van der Waals surface area contributed by atoms with E-state index in [1.54, 1.807) is 42.5 Å². The zero-order chi connectivity index (χ0) is 15.5. The first-order chi connectivity index (χ1) is 9.94. The second-order valence-electron chi connectivity index (χ2n) is 4.36. The first-order valence-electron chi connectivity index (χ1n) is 6.09. The maximum absolute atomic E-state index is 12.6. The SMILES string of the molecule is COc1ccc(Br)c(C(=O)N=S(C)(=O)c2ccccc2)c1. The van der Waals surface area contributed by atoms with Gasteiger partial charge >= 0.3 is 0 Å². The molecule has 1 amide bonds. The molecule has 0 heterocycles. The highest BCUT2D eigenvalue weighted by Crippen LogP contribution is 2.24. The van der Waals surface area contributed by atoms with E-state index in [4.69, 9.17) is 4.74 Å². The molecule has 2 rings (SSSR count). The zero-order valence-corrected chi connectivity index (χ0v) is 14.0. The van der Waals surface area contributed by atoms with Crippen LogP contribution in [0.5, 0.6) is 5.75 Å². The van der Waals surface area contributed by atoms with Crippen LogP contribution in [0.2, 0.25) is 0 Å². The van der Waals surface area contributed by atoms with Crippen molar-refractivity contribution in [1.29, 1.82) is 0 Å². The summed E-state index contributed by atoms with van der Waals surface area (Å²) in [5.41, 5.74) is 0.319. The molecule has 0 aliphatic rings. The van der Waals surface area contributed by atoms with E-state index in [0.29, 0.717) is 20.7 Å². The third-order valence-electron chi connectivity index (χ3n) is 2.84. The van der Waals surface area contributed by atoms with E-state index in [1.165, 1.54) is 13.4 Å². The average Bonchev–Trinajstić information content (AvgIpc) is 2.48. The number of hydrogen-bond donors (Lipinski definition) is 0. The second kappa shape index (κ2) is 6.41. The molecular weight excluding hydrogens is 354 g/mol. The van der Waals surface area contributed by atoms with Gasteiger partial charge in [-0.05, 0) is 46.3 Å². The molecule has 0 fully saturated rings. The molecule has 6 heteroatoms. The van der Waals surface area contributed by atoms with E-state index >= 15 is 0 Å². The van der Waals surface area contributed by atoms with Crippen molar-refractivity contribution >= 4 is 31.6 Å². The van der Waals surface area contributed by atoms with Gasteiger partial charge in [-0.15, -0.1) is 0 Å². The third kappa shape index (κ3) is 3.71. The summed E-state index contributed by atoms with van der Waals surface area (Å²) in [7, 11) is -1.26. The Balaban J connectivity index is 2.46. The maximum Gasteiger partial charge on any atom is 0.286 e. The minimum atomic E-state index is -2.78. The number of ether oxygens (including phenoxy) is 1. The van der Waals surface area contributed by atoms with Crippen LogP contribution in [0.3, 0.4) is 0 Å². The molecule has 0 aromatic heterocycles. The molecule has 0 saturated heterocycles. The normalized spacial score (nSPS) is 13.3. The molecule has 1 atom stereocenters. The molecule has 0 radical (unpaired) electrons. The lowest BCUT2D eigenvalue weighted by Gasteiger charge is -2.06. The van der Waals surface area contributed by atoms with Gasteiger partial charge in [0.1, 0.15) is 5.75 Å². The molecule has 0 spiro atoms. The van der Waals surface area contributed by atoms with E-state index < -0.39 is 15.6 Å². The van der Waals surface area contributed by atoms with Crippen LogP contribution in [0.1, 0.15) is 10.4 Å². The van der Waals surface area contributed by atoms with Crippen LogP contribution in [0.25, 0.3) is 0 Å². The van der Waals surface area contributed by atoms with Gasteiger partial charge in [0.15, 0.2) is 0 Å². The molecular formula is C15H14BrNO3S. The van der Waals surface area contributed by atoms with Gasteiger partial charge in [0, 0.05) is 15.6 Å². The number of rotatable bonds is 3. The van der Waals surface area contributed by atoms with Gasteiger partial charge in [0.25, 0.3) is 5.91 Å². The Morgan fingerprint density at radius 2 is 1.86 bits per heavy atom. The molecule has 2 aromatic rings. The molecule has 0 saturated carbocycles. The van der Waals surface area contributed by atoms with E-state index in [0.717, 1.165) is 0 Å². The molecule has 0 aliphatic carbocycles. The van der Waals surface area contributed by atoms with E-state index in [9.17, 15) is 9.00 Å². The molecule has 4 nitrogen and oxygen atoms in total. The summed E-state index contributed by atoms with van der Waals surface area (Å²) >= 11 is 3.29. The highest BCUT2D eigenvalue weighted by molar-refractivity contribution is 9.10.